The fourth-order valence-electron chi connectivity index (χ4n) is 1.52. The smallest absolute Gasteiger partial charge is 0.229 e. The van der Waals surface area contributed by atoms with Crippen LogP contribution < -0.4 is 21.7 Å². The van der Waals surface area contributed by atoms with Gasteiger partial charge in [0.2, 0.25) is 11.8 Å². The number of hydrogen-bond acceptors (Lipinski definition) is 7. The summed E-state index contributed by atoms with van der Waals surface area (Å²) >= 11 is 0. The van der Waals surface area contributed by atoms with Gasteiger partial charge in [0, 0.05) is 45.8 Å². The topological polar surface area (TPSA) is 130 Å². The summed E-state index contributed by atoms with van der Waals surface area (Å²) in [4.78, 5) is 45.0. The summed E-state index contributed by atoms with van der Waals surface area (Å²) in [5, 5.41) is 7.61. The number of amides is 2. The van der Waals surface area contributed by atoms with Crippen molar-refractivity contribution in [1.82, 2.24) is 16.0 Å². The minimum Gasteiger partial charge on any atom is -0.813 e. The number of nitrogens with two attached hydrogens (primary N) is 1. The van der Waals surface area contributed by atoms with Crippen LogP contribution >= 0.6 is 0 Å². The van der Waals surface area contributed by atoms with Crippen LogP contribution in [0.5, 0.6) is 0 Å². The van der Waals surface area contributed by atoms with E-state index in [1.807, 2.05) is 0 Å². The quantitative estimate of drug-likeness (QED) is 0.160. The minimum absolute atomic E-state index is 0. The first-order valence-corrected chi connectivity index (χ1v) is 5.95. The fraction of sp³-hybridized carbons (Fsp3) is 0.636. The molecular weight excluding hydrogens is 373 g/mol. The Bertz CT molecular complexity index is 383. The van der Waals surface area contributed by atoms with Gasteiger partial charge in [-0.1, -0.05) is 6.04 Å². The van der Waals surface area contributed by atoms with E-state index in [9.17, 15) is 19.2 Å². The zero-order valence-electron chi connectivity index (χ0n) is 11.4. The second-order valence-electron chi connectivity index (χ2n) is 4.24. The van der Waals surface area contributed by atoms with E-state index < -0.39 is 23.9 Å². The molecule has 2 atom stereocenters. The average molecular weight is 391 g/mol. The van der Waals surface area contributed by atoms with E-state index in [0.717, 1.165) is 0 Å². The summed E-state index contributed by atoms with van der Waals surface area (Å²) in [6.07, 6.45) is 1.70. The van der Waals surface area contributed by atoms with Crippen molar-refractivity contribution in [3.05, 3.63) is 0 Å². The molecule has 0 aromatic rings. The van der Waals surface area contributed by atoms with E-state index in [1.54, 1.807) is 6.29 Å². The van der Waals surface area contributed by atoms with Crippen LogP contribution in [0, 0.1) is 0 Å². The number of hydrogen-bond donors (Lipinski definition) is 4. The first-order chi connectivity index (χ1) is 9.02. The van der Waals surface area contributed by atoms with E-state index in [2.05, 4.69) is 16.0 Å². The van der Waals surface area contributed by atoms with Crippen molar-refractivity contribution >= 4 is 37.4 Å². The largest absolute Gasteiger partial charge is 0.813 e. The van der Waals surface area contributed by atoms with Crippen molar-refractivity contribution in [1.29, 1.82) is 0 Å². The van der Waals surface area contributed by atoms with Crippen molar-refractivity contribution in [2.75, 3.05) is 19.6 Å². The molecule has 10 heteroatoms. The molecule has 0 saturated carbocycles. The third-order valence-electron chi connectivity index (χ3n) is 2.67. The second kappa shape index (κ2) is 12.2. The molecule has 1 radical (unpaired) electrons. The van der Waals surface area contributed by atoms with Gasteiger partial charge in [-0.15, -0.1) is 0 Å². The number of thiol groups is 1. The van der Waals surface area contributed by atoms with E-state index in [4.69, 9.17) is 5.73 Å². The number of rotatable bonds is 1. The predicted molar refractivity (Wildman–Crippen MR) is 74.5 cm³/mol. The van der Waals surface area contributed by atoms with Gasteiger partial charge in [0.15, 0.2) is 5.78 Å². The van der Waals surface area contributed by atoms with Gasteiger partial charge < -0.3 is 40.0 Å². The summed E-state index contributed by atoms with van der Waals surface area (Å²) in [5.74, 6) is -1.26. The van der Waals surface area contributed by atoms with E-state index in [0.29, 0.717) is 6.42 Å². The van der Waals surface area contributed by atoms with Crippen LogP contribution in [0.3, 0.4) is 0 Å². The summed E-state index contributed by atoms with van der Waals surface area (Å²) < 4.78 is 0. The summed E-state index contributed by atoms with van der Waals surface area (Å²) in [6, 6.07) is -1.52. The normalized spacial score (nSPS) is 24.7. The van der Waals surface area contributed by atoms with Crippen LogP contribution in [0.2, 0.25) is 0 Å². The van der Waals surface area contributed by atoms with Crippen molar-refractivity contribution in [3.8, 4) is 0 Å². The van der Waals surface area contributed by atoms with Gasteiger partial charge >= 0.3 is 0 Å². The van der Waals surface area contributed by atoms with Crippen LogP contribution in [-0.4, -0.2) is 55.6 Å². The first-order valence-electron chi connectivity index (χ1n) is 5.95. The summed E-state index contributed by atoms with van der Waals surface area (Å²) in [5.41, 5.74) is 5.58. The standard InChI is InChI=1S/C11H17N4O4.H2S.Y/c12-8-4-15-11(19)3-10(18)13-2-1-7(6-16)14-5-9(8)17;;/h7-8,14H,1-5,12H2,(H,13,18)(H,15,19);1H2;/q-1;;/p-1. The first kappa shape index (κ1) is 22.9. The van der Waals surface area contributed by atoms with Crippen molar-refractivity contribution in [2.45, 2.75) is 24.9 Å². The van der Waals surface area contributed by atoms with E-state index in [-0.39, 0.29) is 78.0 Å². The Morgan fingerprint density at radius 3 is 2.38 bits per heavy atom. The SMILES string of the molecule is NC1CNC(=O)CC(=O)NCCC([C-]=O)NCC1=O.[SH-].[Y]. The predicted octanol–water partition coefficient (Wildman–Crippen LogP) is -3.30. The Kier molecular flexibility index (Phi) is 13.3. The molecule has 1 saturated heterocycles. The molecule has 8 nitrogen and oxygen atoms in total. The Hall–Kier alpha value is -0.346. The Morgan fingerprint density at radius 2 is 1.76 bits per heavy atom. The molecule has 1 aliphatic rings. The number of Topliss-reactive ketones (excluding diaryl/α,β-unsaturated/α-hetero) is 1. The Balaban J connectivity index is 0. The maximum absolute atomic E-state index is 11.6. The van der Waals surface area contributed by atoms with E-state index in [1.165, 1.54) is 0 Å². The second-order valence-corrected chi connectivity index (χ2v) is 4.24. The van der Waals surface area contributed by atoms with E-state index >= 15 is 0 Å². The summed E-state index contributed by atoms with van der Waals surface area (Å²) in [7, 11) is 0. The molecule has 1 rings (SSSR count). The van der Waals surface area contributed by atoms with Crippen LogP contribution in [0.4, 0.5) is 0 Å². The molecule has 1 aliphatic heterocycles. The third-order valence-corrected chi connectivity index (χ3v) is 2.67. The van der Waals surface area contributed by atoms with Gasteiger partial charge in [0.1, 0.15) is 6.42 Å². The fourth-order valence-corrected chi connectivity index (χ4v) is 1.52. The maximum atomic E-state index is 11.6. The van der Waals surface area contributed by atoms with Gasteiger partial charge in [0.05, 0.1) is 12.6 Å². The maximum Gasteiger partial charge on any atom is 0.229 e. The molecule has 1 fully saturated rings. The van der Waals surface area contributed by atoms with Crippen LogP contribution in [0.15, 0.2) is 0 Å². The van der Waals surface area contributed by atoms with Gasteiger partial charge in [-0.3, -0.25) is 14.4 Å². The Morgan fingerprint density at radius 1 is 1.14 bits per heavy atom. The number of nitrogens with one attached hydrogen (secondary N) is 3. The van der Waals surface area contributed by atoms with Crippen molar-refractivity contribution in [3.63, 3.8) is 0 Å². The third kappa shape index (κ3) is 9.31. The van der Waals surface area contributed by atoms with Crippen molar-refractivity contribution in [2.24, 2.45) is 5.73 Å². The molecule has 5 N–H and O–H groups in total. The monoisotopic (exact) mass is 391 g/mol. The van der Waals surface area contributed by atoms with Crippen LogP contribution in [0.25, 0.3) is 0 Å². The molecule has 1 heterocycles. The number of ketones is 1. The molecule has 21 heavy (non-hydrogen) atoms. The molecule has 0 bridgehead atoms. The molecule has 0 aromatic carbocycles. The van der Waals surface area contributed by atoms with Gasteiger partial charge in [-0.25, -0.2) is 6.29 Å². The molecular formula is C11H18N4O4SY-2. The van der Waals surface area contributed by atoms with Gasteiger partial charge in [-0.05, 0) is 6.42 Å². The van der Waals surface area contributed by atoms with Crippen LogP contribution in [-0.2, 0) is 65.4 Å². The molecule has 0 aliphatic carbocycles. The van der Waals surface area contributed by atoms with Crippen LogP contribution in [0.1, 0.15) is 12.8 Å². The zero-order valence-corrected chi connectivity index (χ0v) is 15.2. The molecule has 2 amide bonds. The summed E-state index contributed by atoms with van der Waals surface area (Å²) in [6.45, 7) is 0.103. The number of carbonyl (C=O) groups excluding carboxylic acids is 4. The van der Waals surface area contributed by atoms with Gasteiger partial charge in [-0.2, -0.15) is 0 Å². The zero-order chi connectivity index (χ0) is 14.3. The average Bonchev–Trinajstić information content (AvgIpc) is 2.39. The minimum atomic E-state index is -0.868. The Labute approximate surface area is 155 Å². The van der Waals surface area contributed by atoms with Gasteiger partial charge in [0.25, 0.3) is 0 Å². The molecule has 0 spiro atoms. The molecule has 117 valence electrons. The van der Waals surface area contributed by atoms with Crippen molar-refractivity contribution < 1.29 is 51.9 Å². The molecule has 0 aromatic heterocycles. The number of carbonyl (C=O) groups is 3. The molecule has 2 unspecified atom stereocenters.